The van der Waals surface area contributed by atoms with Crippen LogP contribution in [-0.2, 0) is 0 Å². The number of amides is 1. The molecule has 1 saturated heterocycles. The molecule has 0 spiro atoms. The number of carbonyl (C=O) groups is 1. The Hall–Kier alpha value is -3.27. The largest absolute Gasteiger partial charge is 0.352 e. The lowest BCUT2D eigenvalue weighted by Gasteiger charge is -2.28. The van der Waals surface area contributed by atoms with Gasteiger partial charge in [-0.3, -0.25) is 4.79 Å². The molecule has 0 bridgehead atoms. The van der Waals surface area contributed by atoms with E-state index >= 15 is 0 Å². The number of hydrogen-bond acceptors (Lipinski definition) is 6. The van der Waals surface area contributed by atoms with Gasteiger partial charge in [-0.05, 0) is 12.1 Å². The average Bonchev–Trinajstić information content (AvgIpc) is 3.07. The van der Waals surface area contributed by atoms with Crippen molar-refractivity contribution in [1.82, 2.24) is 24.8 Å². The second-order valence-corrected chi connectivity index (χ2v) is 7.30. The van der Waals surface area contributed by atoms with Crippen molar-refractivity contribution in [3.05, 3.63) is 65.5 Å². The van der Waals surface area contributed by atoms with Crippen LogP contribution in [0.1, 0.15) is 16.8 Å². The lowest BCUT2D eigenvalue weighted by atomic mass is 10.0. The Labute approximate surface area is 180 Å². The van der Waals surface area contributed by atoms with Crippen molar-refractivity contribution < 1.29 is 18.0 Å². The lowest BCUT2D eigenvalue weighted by Crippen LogP contribution is -2.47. The zero-order chi connectivity index (χ0) is 22.0. The van der Waals surface area contributed by atoms with Gasteiger partial charge in [0, 0.05) is 37.5 Å². The highest BCUT2D eigenvalue weighted by molar-refractivity contribution is 6.30. The molecule has 2 aromatic heterocycles. The van der Waals surface area contributed by atoms with Crippen molar-refractivity contribution >= 4 is 23.5 Å². The highest BCUT2D eigenvalue weighted by atomic mass is 35.5. The van der Waals surface area contributed by atoms with Gasteiger partial charge in [0.2, 0.25) is 5.95 Å². The summed E-state index contributed by atoms with van der Waals surface area (Å²) in [7, 11) is 0. The number of carbonyl (C=O) groups excluding carboxylic acids is 1. The van der Waals surface area contributed by atoms with E-state index in [9.17, 15) is 18.0 Å². The fourth-order valence-corrected chi connectivity index (χ4v) is 3.52. The molecule has 31 heavy (non-hydrogen) atoms. The SMILES string of the molecule is O=C(c1c(F)cccc1-c1ncccn1)N1CCC(F)(F)C1CNc1ncc(Cl)cn1. The first-order valence-corrected chi connectivity index (χ1v) is 9.71. The Bertz CT molecular complexity index is 1080. The van der Waals surface area contributed by atoms with Crippen molar-refractivity contribution in [3.63, 3.8) is 0 Å². The van der Waals surface area contributed by atoms with Crippen LogP contribution in [0.15, 0.2) is 49.1 Å². The van der Waals surface area contributed by atoms with Crippen LogP contribution in [-0.4, -0.2) is 55.8 Å². The fraction of sp³-hybridized carbons (Fsp3) is 0.250. The van der Waals surface area contributed by atoms with Crippen molar-refractivity contribution in [2.75, 3.05) is 18.4 Å². The van der Waals surface area contributed by atoms with Crippen LogP contribution in [0.4, 0.5) is 19.1 Å². The Morgan fingerprint density at radius 2 is 1.87 bits per heavy atom. The number of benzene rings is 1. The van der Waals surface area contributed by atoms with E-state index < -0.39 is 30.1 Å². The summed E-state index contributed by atoms with van der Waals surface area (Å²) in [4.78, 5) is 30.1. The standard InChI is InChI=1S/C20H16ClF3N6O/c21-12-9-27-19(28-10-12)29-11-15-20(23,24)5-8-30(15)18(31)16-13(3-1-4-14(16)22)17-25-6-2-7-26-17/h1-4,6-7,9-10,15H,5,8,11H2,(H,27,28,29). The van der Waals surface area contributed by atoms with Gasteiger partial charge in [0.15, 0.2) is 5.82 Å². The van der Waals surface area contributed by atoms with Crippen LogP contribution >= 0.6 is 11.6 Å². The van der Waals surface area contributed by atoms with Crippen molar-refractivity contribution in [2.24, 2.45) is 0 Å². The number of nitrogens with zero attached hydrogens (tertiary/aromatic N) is 5. The molecular formula is C20H16ClF3N6O. The van der Waals surface area contributed by atoms with Crippen molar-refractivity contribution in [3.8, 4) is 11.4 Å². The molecular weight excluding hydrogens is 433 g/mol. The Morgan fingerprint density at radius 3 is 2.58 bits per heavy atom. The smallest absolute Gasteiger partial charge is 0.271 e. The molecule has 0 radical (unpaired) electrons. The quantitative estimate of drug-likeness (QED) is 0.641. The summed E-state index contributed by atoms with van der Waals surface area (Å²) in [5, 5.41) is 2.99. The van der Waals surface area contributed by atoms with E-state index in [2.05, 4.69) is 25.3 Å². The number of aromatic nitrogens is 4. The third kappa shape index (κ3) is 4.29. The van der Waals surface area contributed by atoms with E-state index in [0.717, 1.165) is 11.0 Å². The number of hydrogen-bond donors (Lipinski definition) is 1. The number of halogens is 4. The van der Waals surface area contributed by atoms with Crippen molar-refractivity contribution in [1.29, 1.82) is 0 Å². The van der Waals surface area contributed by atoms with Crippen LogP contribution in [0.25, 0.3) is 11.4 Å². The lowest BCUT2D eigenvalue weighted by molar-refractivity contribution is -0.0249. The minimum Gasteiger partial charge on any atom is -0.352 e. The predicted octanol–water partition coefficient (Wildman–Crippen LogP) is 3.69. The summed E-state index contributed by atoms with van der Waals surface area (Å²) < 4.78 is 43.9. The zero-order valence-corrected chi connectivity index (χ0v) is 16.7. The van der Waals surface area contributed by atoms with Gasteiger partial charge in [-0.15, -0.1) is 0 Å². The molecule has 160 valence electrons. The normalized spacial score (nSPS) is 17.5. The maximum atomic E-state index is 14.7. The maximum Gasteiger partial charge on any atom is 0.271 e. The molecule has 1 atom stereocenters. The Morgan fingerprint density at radius 1 is 1.16 bits per heavy atom. The van der Waals surface area contributed by atoms with Gasteiger partial charge in [-0.25, -0.2) is 33.1 Å². The number of likely N-dealkylation sites (tertiary alicyclic amines) is 1. The molecule has 3 aromatic rings. The molecule has 7 nitrogen and oxygen atoms in total. The Balaban J connectivity index is 1.63. The minimum atomic E-state index is -3.18. The van der Waals surface area contributed by atoms with Gasteiger partial charge >= 0.3 is 0 Å². The van der Waals surface area contributed by atoms with E-state index in [0.29, 0.717) is 5.02 Å². The molecule has 11 heteroatoms. The van der Waals surface area contributed by atoms with Gasteiger partial charge in [-0.2, -0.15) is 0 Å². The van der Waals surface area contributed by atoms with E-state index in [4.69, 9.17) is 11.6 Å². The van der Waals surface area contributed by atoms with Crippen LogP contribution in [0.3, 0.4) is 0 Å². The summed E-state index contributed by atoms with van der Waals surface area (Å²) in [5.41, 5.74) is -0.215. The summed E-state index contributed by atoms with van der Waals surface area (Å²) in [6.45, 7) is -0.560. The van der Waals surface area contributed by atoms with Gasteiger partial charge in [0.1, 0.15) is 11.9 Å². The molecule has 1 amide bonds. The second-order valence-electron chi connectivity index (χ2n) is 6.87. The van der Waals surface area contributed by atoms with E-state index in [1.807, 2.05) is 0 Å². The van der Waals surface area contributed by atoms with Crippen LogP contribution in [0.2, 0.25) is 5.02 Å². The third-order valence-corrected chi connectivity index (χ3v) is 5.11. The molecule has 0 saturated carbocycles. The maximum absolute atomic E-state index is 14.7. The number of anilines is 1. The monoisotopic (exact) mass is 448 g/mol. The third-order valence-electron chi connectivity index (χ3n) is 4.92. The molecule has 1 aliphatic heterocycles. The molecule has 1 fully saturated rings. The minimum absolute atomic E-state index is 0.0868. The molecule has 1 N–H and O–H groups in total. The first-order chi connectivity index (χ1) is 14.9. The topological polar surface area (TPSA) is 83.9 Å². The molecule has 1 unspecified atom stereocenters. The number of rotatable bonds is 5. The number of alkyl halides is 2. The predicted molar refractivity (Wildman–Crippen MR) is 107 cm³/mol. The highest BCUT2D eigenvalue weighted by Gasteiger charge is 2.51. The van der Waals surface area contributed by atoms with E-state index in [-0.39, 0.29) is 36.0 Å². The van der Waals surface area contributed by atoms with Crippen molar-refractivity contribution in [2.45, 2.75) is 18.4 Å². The fourth-order valence-electron chi connectivity index (χ4n) is 3.42. The van der Waals surface area contributed by atoms with Gasteiger partial charge in [0.25, 0.3) is 11.8 Å². The summed E-state index contributed by atoms with van der Waals surface area (Å²) in [6, 6.07) is 4.04. The average molecular weight is 449 g/mol. The van der Waals surface area contributed by atoms with E-state index in [1.165, 1.54) is 36.9 Å². The first kappa shape index (κ1) is 21.0. The summed E-state index contributed by atoms with van der Waals surface area (Å²) in [6.07, 6.45) is 4.99. The molecule has 4 rings (SSSR count). The number of nitrogens with one attached hydrogen (secondary N) is 1. The van der Waals surface area contributed by atoms with Crippen LogP contribution in [0.5, 0.6) is 0 Å². The summed E-state index contributed by atoms with van der Waals surface area (Å²) in [5.74, 6) is -4.66. The van der Waals surface area contributed by atoms with Gasteiger partial charge < -0.3 is 10.2 Å². The first-order valence-electron chi connectivity index (χ1n) is 9.33. The summed E-state index contributed by atoms with van der Waals surface area (Å²) >= 11 is 5.73. The van der Waals surface area contributed by atoms with Crippen LogP contribution in [0, 0.1) is 5.82 Å². The molecule has 1 aromatic carbocycles. The molecule has 3 heterocycles. The van der Waals surface area contributed by atoms with Crippen LogP contribution < -0.4 is 5.32 Å². The van der Waals surface area contributed by atoms with Gasteiger partial charge in [0.05, 0.1) is 23.0 Å². The molecule has 1 aliphatic rings. The van der Waals surface area contributed by atoms with Gasteiger partial charge in [-0.1, -0.05) is 23.7 Å². The van der Waals surface area contributed by atoms with E-state index in [1.54, 1.807) is 6.07 Å². The second kappa shape index (κ2) is 8.46. The Kier molecular flexibility index (Phi) is 5.73. The molecule has 0 aliphatic carbocycles. The zero-order valence-electron chi connectivity index (χ0n) is 16.0. The highest BCUT2D eigenvalue weighted by Crippen LogP contribution is 2.36.